The molecule has 0 amide bonds. The van der Waals surface area contributed by atoms with Crippen molar-refractivity contribution in [2.45, 2.75) is 31.6 Å². The van der Waals surface area contributed by atoms with Gasteiger partial charge in [-0.25, -0.2) is 0 Å². The van der Waals surface area contributed by atoms with Crippen molar-refractivity contribution in [3.63, 3.8) is 0 Å². The van der Waals surface area contributed by atoms with Gasteiger partial charge in [0.05, 0.1) is 13.2 Å². The highest BCUT2D eigenvalue weighted by molar-refractivity contribution is 7.98. The van der Waals surface area contributed by atoms with Crippen LogP contribution in [0.1, 0.15) is 25.3 Å². The molecule has 116 valence electrons. The number of rotatable bonds is 8. The first kappa shape index (κ1) is 16.5. The minimum Gasteiger partial charge on any atom is -0.378 e. The number of carbonyl (C=O) groups is 1. The SMILES string of the molecule is CC(=O)C[C@@H]1COCCN1CCCSCc1ccccc1. The number of morpholine rings is 1. The van der Waals surface area contributed by atoms with Crippen molar-refractivity contribution in [2.75, 3.05) is 32.1 Å². The van der Waals surface area contributed by atoms with Crippen molar-refractivity contribution in [3.05, 3.63) is 35.9 Å². The Morgan fingerprint density at radius 2 is 2.19 bits per heavy atom. The Balaban J connectivity index is 1.63. The summed E-state index contributed by atoms with van der Waals surface area (Å²) >= 11 is 1.99. The molecule has 0 aliphatic carbocycles. The summed E-state index contributed by atoms with van der Waals surface area (Å²) in [6, 6.07) is 10.9. The van der Waals surface area contributed by atoms with Crippen molar-refractivity contribution in [1.29, 1.82) is 0 Å². The molecular weight excluding hydrogens is 282 g/mol. The summed E-state index contributed by atoms with van der Waals surface area (Å²) in [6.07, 6.45) is 1.79. The molecule has 0 N–H and O–H groups in total. The summed E-state index contributed by atoms with van der Waals surface area (Å²) in [5.41, 5.74) is 1.39. The number of thioether (sulfide) groups is 1. The van der Waals surface area contributed by atoms with Crippen LogP contribution in [-0.2, 0) is 15.3 Å². The molecule has 0 bridgehead atoms. The fourth-order valence-corrected chi connectivity index (χ4v) is 3.54. The molecule has 0 spiro atoms. The van der Waals surface area contributed by atoms with E-state index in [0.717, 1.165) is 25.4 Å². The molecule has 1 fully saturated rings. The maximum Gasteiger partial charge on any atom is 0.131 e. The first-order valence-electron chi connectivity index (χ1n) is 7.68. The Morgan fingerprint density at radius 3 is 2.95 bits per heavy atom. The van der Waals surface area contributed by atoms with Gasteiger partial charge in [0.2, 0.25) is 0 Å². The van der Waals surface area contributed by atoms with Gasteiger partial charge in [-0.3, -0.25) is 9.69 Å². The molecule has 1 aromatic rings. The minimum atomic E-state index is 0.258. The number of benzene rings is 1. The van der Waals surface area contributed by atoms with Crippen LogP contribution in [0.5, 0.6) is 0 Å². The van der Waals surface area contributed by atoms with Crippen LogP contribution in [-0.4, -0.2) is 48.8 Å². The van der Waals surface area contributed by atoms with E-state index in [1.54, 1.807) is 6.92 Å². The first-order chi connectivity index (χ1) is 10.3. The van der Waals surface area contributed by atoms with Crippen LogP contribution in [0.4, 0.5) is 0 Å². The van der Waals surface area contributed by atoms with Gasteiger partial charge in [0.25, 0.3) is 0 Å². The third-order valence-electron chi connectivity index (χ3n) is 3.72. The van der Waals surface area contributed by atoms with Gasteiger partial charge < -0.3 is 4.74 Å². The van der Waals surface area contributed by atoms with Crippen molar-refractivity contribution in [2.24, 2.45) is 0 Å². The summed E-state index contributed by atoms with van der Waals surface area (Å²) in [5, 5.41) is 0. The third kappa shape index (κ3) is 6.20. The van der Waals surface area contributed by atoms with E-state index in [9.17, 15) is 4.79 Å². The van der Waals surface area contributed by atoms with Gasteiger partial charge in [0, 0.05) is 24.8 Å². The van der Waals surface area contributed by atoms with E-state index in [1.165, 1.54) is 17.7 Å². The summed E-state index contributed by atoms with van der Waals surface area (Å²) in [7, 11) is 0. The second-order valence-corrected chi connectivity index (χ2v) is 6.67. The van der Waals surface area contributed by atoms with Gasteiger partial charge in [0.1, 0.15) is 5.78 Å². The molecule has 1 aromatic carbocycles. The minimum absolute atomic E-state index is 0.258. The lowest BCUT2D eigenvalue weighted by molar-refractivity contribution is -0.120. The average molecular weight is 307 g/mol. The molecular formula is C17H25NO2S. The predicted molar refractivity (Wildman–Crippen MR) is 88.7 cm³/mol. The quantitative estimate of drug-likeness (QED) is 0.691. The highest BCUT2D eigenvalue weighted by Gasteiger charge is 2.23. The first-order valence-corrected chi connectivity index (χ1v) is 8.84. The zero-order chi connectivity index (χ0) is 14.9. The molecule has 0 radical (unpaired) electrons. The van der Waals surface area contributed by atoms with E-state index in [-0.39, 0.29) is 11.8 Å². The lowest BCUT2D eigenvalue weighted by Gasteiger charge is -2.35. The fraction of sp³-hybridized carbons (Fsp3) is 0.588. The molecule has 0 aromatic heterocycles. The van der Waals surface area contributed by atoms with Gasteiger partial charge in [-0.05, 0) is 31.2 Å². The van der Waals surface area contributed by atoms with Gasteiger partial charge in [-0.15, -0.1) is 0 Å². The molecule has 21 heavy (non-hydrogen) atoms. The molecule has 1 atom stereocenters. The molecule has 0 unspecified atom stereocenters. The van der Waals surface area contributed by atoms with Crippen LogP contribution in [0, 0.1) is 0 Å². The Morgan fingerprint density at radius 1 is 1.38 bits per heavy atom. The van der Waals surface area contributed by atoms with Crippen LogP contribution in [0.15, 0.2) is 30.3 Å². The number of carbonyl (C=O) groups excluding carboxylic acids is 1. The summed E-state index contributed by atoms with van der Waals surface area (Å²) in [4.78, 5) is 13.7. The van der Waals surface area contributed by atoms with E-state index < -0.39 is 0 Å². The number of nitrogens with zero attached hydrogens (tertiary/aromatic N) is 1. The molecule has 2 rings (SSSR count). The van der Waals surface area contributed by atoms with Crippen molar-refractivity contribution in [3.8, 4) is 0 Å². The fourth-order valence-electron chi connectivity index (χ4n) is 2.64. The second kappa shape index (κ2) is 9.23. The normalized spacial score (nSPS) is 19.6. The number of hydrogen-bond acceptors (Lipinski definition) is 4. The number of ketones is 1. The van der Waals surface area contributed by atoms with Crippen molar-refractivity contribution >= 4 is 17.5 Å². The summed E-state index contributed by atoms with van der Waals surface area (Å²) in [5.74, 6) is 2.51. The third-order valence-corrected chi connectivity index (χ3v) is 4.83. The standard InChI is InChI=1S/C17H25NO2S/c1-15(19)12-17-13-20-10-9-18(17)8-5-11-21-14-16-6-3-2-4-7-16/h2-4,6-7,17H,5,8-14H2,1H3/t17-/m1/s1. The Bertz CT molecular complexity index is 424. The molecule has 3 nitrogen and oxygen atoms in total. The van der Waals surface area contributed by atoms with Crippen molar-refractivity contribution in [1.82, 2.24) is 4.90 Å². The van der Waals surface area contributed by atoms with Crippen LogP contribution in [0.3, 0.4) is 0 Å². The Labute approximate surface area is 132 Å². The number of ether oxygens (including phenoxy) is 1. The van der Waals surface area contributed by atoms with E-state index in [1.807, 2.05) is 11.8 Å². The van der Waals surface area contributed by atoms with Gasteiger partial charge >= 0.3 is 0 Å². The topological polar surface area (TPSA) is 29.5 Å². The van der Waals surface area contributed by atoms with Crippen molar-refractivity contribution < 1.29 is 9.53 Å². The number of hydrogen-bond donors (Lipinski definition) is 0. The van der Waals surface area contributed by atoms with Gasteiger partial charge in [-0.1, -0.05) is 30.3 Å². The molecule has 4 heteroatoms. The zero-order valence-corrected chi connectivity index (χ0v) is 13.6. The Kier molecular flexibility index (Phi) is 7.27. The predicted octanol–water partition coefficient (Wildman–Crippen LogP) is 2.99. The zero-order valence-electron chi connectivity index (χ0n) is 12.8. The highest BCUT2D eigenvalue weighted by Crippen LogP contribution is 2.15. The molecule has 1 heterocycles. The lowest BCUT2D eigenvalue weighted by atomic mass is 10.1. The monoisotopic (exact) mass is 307 g/mol. The van der Waals surface area contributed by atoms with Gasteiger partial charge in [-0.2, -0.15) is 11.8 Å². The smallest absolute Gasteiger partial charge is 0.131 e. The largest absolute Gasteiger partial charge is 0.378 e. The van der Waals surface area contributed by atoms with Crippen LogP contribution < -0.4 is 0 Å². The molecule has 1 saturated heterocycles. The molecule has 1 aliphatic rings. The van der Waals surface area contributed by atoms with Gasteiger partial charge in [0.15, 0.2) is 0 Å². The average Bonchev–Trinajstić information content (AvgIpc) is 2.49. The van der Waals surface area contributed by atoms with E-state index in [2.05, 4.69) is 35.2 Å². The molecule has 0 saturated carbocycles. The van der Waals surface area contributed by atoms with Crippen LogP contribution in [0.25, 0.3) is 0 Å². The van der Waals surface area contributed by atoms with E-state index in [0.29, 0.717) is 13.0 Å². The maximum absolute atomic E-state index is 11.3. The highest BCUT2D eigenvalue weighted by atomic mass is 32.2. The Hall–Kier alpha value is -0.840. The number of Topliss-reactive ketones (excluding diaryl/α,β-unsaturated/α-hetero) is 1. The summed E-state index contributed by atoms with van der Waals surface area (Å²) < 4.78 is 5.50. The van der Waals surface area contributed by atoms with E-state index >= 15 is 0 Å². The van der Waals surface area contributed by atoms with Crippen LogP contribution in [0.2, 0.25) is 0 Å². The lowest BCUT2D eigenvalue weighted by Crippen LogP contribution is -2.46. The summed E-state index contributed by atoms with van der Waals surface area (Å²) in [6.45, 7) is 5.20. The molecule has 1 aliphatic heterocycles. The second-order valence-electron chi connectivity index (χ2n) is 5.56. The maximum atomic E-state index is 11.3. The van der Waals surface area contributed by atoms with E-state index in [4.69, 9.17) is 4.74 Å². The van der Waals surface area contributed by atoms with Crippen LogP contribution >= 0.6 is 11.8 Å².